The number of nitrogens with one attached hydrogen (secondary N) is 1. The van der Waals surface area contributed by atoms with Gasteiger partial charge in [-0.15, -0.1) is 0 Å². The molecule has 0 heterocycles. The monoisotopic (exact) mass is 432 g/mol. The largest absolute Gasteiger partial charge is 0.480 e. The first-order valence-corrected chi connectivity index (χ1v) is 11.8. The highest BCUT2D eigenvalue weighted by atomic mass is 31.2. The zero-order valence-electron chi connectivity index (χ0n) is 17.1. The summed E-state index contributed by atoms with van der Waals surface area (Å²) >= 11 is 0. The lowest BCUT2D eigenvalue weighted by Crippen LogP contribution is -2.45. The van der Waals surface area contributed by atoms with E-state index in [1.54, 1.807) is 24.3 Å². The summed E-state index contributed by atoms with van der Waals surface area (Å²) in [5.74, 6) is -1.67. The molecular weight excluding hydrogens is 403 g/mol. The molecule has 0 radical (unpaired) electrons. The third-order valence-corrected chi connectivity index (χ3v) is 6.35. The molecule has 0 spiro atoms. The van der Waals surface area contributed by atoms with Gasteiger partial charge in [0.2, 0.25) is 5.91 Å². The van der Waals surface area contributed by atoms with Crippen LogP contribution in [0.1, 0.15) is 30.9 Å². The Morgan fingerprint density at radius 1 is 1.00 bits per heavy atom. The fourth-order valence-electron chi connectivity index (χ4n) is 3.17. The Hall–Kier alpha value is -2.47. The van der Waals surface area contributed by atoms with Crippen molar-refractivity contribution in [1.29, 1.82) is 0 Å². The Morgan fingerprint density at radius 2 is 1.57 bits per heavy atom. The van der Waals surface area contributed by atoms with Gasteiger partial charge in [0.1, 0.15) is 6.54 Å². The molecule has 0 bridgehead atoms. The number of aryl methyl sites for hydroxylation is 1. The predicted molar refractivity (Wildman–Crippen MR) is 116 cm³/mol. The number of amides is 1. The zero-order valence-corrected chi connectivity index (χ0v) is 18.0. The van der Waals surface area contributed by atoms with Crippen molar-refractivity contribution >= 4 is 19.4 Å². The standard InChI is InChI=1S/C22H29N2O5P/c1-18(22(27)24(17-21(25)26)16-20-13-6-3-7-14-20)23-30(28,29)15-9-8-12-19-10-4-2-5-11-19/h2-7,10-11,13-14,18H,8-9,12,15-17H2,1H3,(H,25,26)(H2,23,28,29)/t18-/m0/s1. The molecule has 0 saturated heterocycles. The van der Waals surface area contributed by atoms with E-state index in [0.29, 0.717) is 6.42 Å². The van der Waals surface area contributed by atoms with Gasteiger partial charge >= 0.3 is 5.97 Å². The number of carbonyl (C=O) groups excluding carboxylic acids is 1. The van der Waals surface area contributed by atoms with E-state index in [4.69, 9.17) is 5.11 Å². The van der Waals surface area contributed by atoms with Crippen LogP contribution in [-0.2, 0) is 27.1 Å². The molecule has 162 valence electrons. The average Bonchev–Trinajstić information content (AvgIpc) is 2.71. The van der Waals surface area contributed by atoms with Crippen LogP contribution in [0.2, 0.25) is 0 Å². The summed E-state index contributed by atoms with van der Waals surface area (Å²) in [7, 11) is -3.73. The first-order chi connectivity index (χ1) is 14.3. The van der Waals surface area contributed by atoms with E-state index in [9.17, 15) is 19.0 Å². The number of aliphatic carboxylic acids is 1. The highest BCUT2D eigenvalue weighted by molar-refractivity contribution is 7.55. The molecule has 0 saturated carbocycles. The second-order valence-electron chi connectivity index (χ2n) is 7.29. The molecule has 1 unspecified atom stereocenters. The van der Waals surface area contributed by atoms with Crippen LogP contribution in [0.25, 0.3) is 0 Å². The van der Waals surface area contributed by atoms with E-state index in [1.165, 1.54) is 17.4 Å². The molecule has 2 aromatic carbocycles. The number of carbonyl (C=O) groups is 2. The van der Waals surface area contributed by atoms with Crippen molar-refractivity contribution in [2.45, 2.75) is 38.8 Å². The summed E-state index contributed by atoms with van der Waals surface area (Å²) in [6.07, 6.45) is 2.17. The van der Waals surface area contributed by atoms with Crippen molar-refractivity contribution in [3.05, 3.63) is 71.8 Å². The third-order valence-electron chi connectivity index (χ3n) is 4.64. The maximum Gasteiger partial charge on any atom is 0.323 e. The number of carboxylic acid groups (broad SMARTS) is 1. The number of carboxylic acids is 1. The highest BCUT2D eigenvalue weighted by Gasteiger charge is 2.28. The molecule has 0 aliphatic carbocycles. The first-order valence-electron chi connectivity index (χ1n) is 9.95. The van der Waals surface area contributed by atoms with E-state index >= 15 is 0 Å². The maximum atomic E-state index is 12.7. The lowest BCUT2D eigenvalue weighted by atomic mass is 10.1. The van der Waals surface area contributed by atoms with Crippen molar-refractivity contribution < 1.29 is 24.2 Å². The van der Waals surface area contributed by atoms with Crippen molar-refractivity contribution in [3.8, 4) is 0 Å². The maximum absolute atomic E-state index is 12.7. The molecule has 0 aliphatic heterocycles. The number of rotatable bonds is 12. The van der Waals surface area contributed by atoms with E-state index < -0.39 is 32.0 Å². The Bertz CT molecular complexity index is 860. The molecule has 8 heteroatoms. The summed E-state index contributed by atoms with van der Waals surface area (Å²) in [6, 6.07) is 17.9. The molecule has 2 rings (SSSR count). The van der Waals surface area contributed by atoms with Crippen molar-refractivity contribution in [3.63, 3.8) is 0 Å². The lowest BCUT2D eigenvalue weighted by Gasteiger charge is -2.26. The van der Waals surface area contributed by atoms with Crippen LogP contribution in [0.15, 0.2) is 60.7 Å². The van der Waals surface area contributed by atoms with Crippen LogP contribution in [0.5, 0.6) is 0 Å². The topological polar surface area (TPSA) is 107 Å². The molecule has 2 atom stereocenters. The number of benzene rings is 2. The number of hydrogen-bond donors (Lipinski definition) is 3. The SMILES string of the molecule is C[C@H](NP(=O)(O)CCCCc1ccccc1)C(=O)N(CC(=O)O)Cc1ccccc1. The molecule has 7 nitrogen and oxygen atoms in total. The quantitative estimate of drug-likeness (QED) is 0.351. The van der Waals surface area contributed by atoms with Crippen LogP contribution in [0, 0.1) is 0 Å². The normalized spacial score (nSPS) is 13.9. The minimum atomic E-state index is -3.73. The summed E-state index contributed by atoms with van der Waals surface area (Å²) in [5, 5.41) is 11.7. The average molecular weight is 432 g/mol. The van der Waals surface area contributed by atoms with Crippen molar-refractivity contribution in [1.82, 2.24) is 9.99 Å². The van der Waals surface area contributed by atoms with Gasteiger partial charge in [0, 0.05) is 12.7 Å². The predicted octanol–water partition coefficient (Wildman–Crippen LogP) is 3.29. The fraction of sp³-hybridized carbons (Fsp3) is 0.364. The van der Waals surface area contributed by atoms with Gasteiger partial charge in [-0.1, -0.05) is 60.7 Å². The van der Waals surface area contributed by atoms with Gasteiger partial charge in [-0.2, -0.15) is 0 Å². The van der Waals surface area contributed by atoms with E-state index in [1.807, 2.05) is 36.4 Å². The van der Waals surface area contributed by atoms with Crippen LogP contribution in [0.4, 0.5) is 0 Å². The Labute approximate surface area is 177 Å². The van der Waals surface area contributed by atoms with E-state index in [2.05, 4.69) is 5.09 Å². The molecule has 3 N–H and O–H groups in total. The van der Waals surface area contributed by atoms with Gasteiger partial charge in [-0.05, 0) is 37.3 Å². The van der Waals surface area contributed by atoms with E-state index in [0.717, 1.165) is 18.4 Å². The highest BCUT2D eigenvalue weighted by Crippen LogP contribution is 2.37. The zero-order chi connectivity index (χ0) is 22.0. The molecule has 1 amide bonds. The lowest BCUT2D eigenvalue weighted by molar-refractivity contribution is -0.145. The molecule has 0 aliphatic rings. The van der Waals surface area contributed by atoms with Crippen molar-refractivity contribution in [2.75, 3.05) is 12.7 Å². The van der Waals surface area contributed by atoms with Crippen LogP contribution in [-0.4, -0.2) is 45.5 Å². The number of nitrogens with zero attached hydrogens (tertiary/aromatic N) is 1. The summed E-state index contributed by atoms with van der Waals surface area (Å²) in [5.41, 5.74) is 1.96. The molecular formula is C22H29N2O5P. The van der Waals surface area contributed by atoms with Crippen molar-refractivity contribution in [2.24, 2.45) is 0 Å². The minimum absolute atomic E-state index is 0.0507. The van der Waals surface area contributed by atoms with Crippen LogP contribution >= 0.6 is 7.52 Å². The third kappa shape index (κ3) is 8.49. The smallest absolute Gasteiger partial charge is 0.323 e. The van der Waals surface area contributed by atoms with E-state index in [-0.39, 0.29) is 12.7 Å². The Morgan fingerprint density at radius 3 is 2.13 bits per heavy atom. The summed E-state index contributed by atoms with van der Waals surface area (Å²) in [6.45, 7) is 1.12. The fourth-order valence-corrected chi connectivity index (χ4v) is 4.67. The van der Waals surface area contributed by atoms with Gasteiger partial charge in [-0.3, -0.25) is 14.2 Å². The minimum Gasteiger partial charge on any atom is -0.480 e. The van der Waals surface area contributed by atoms with Gasteiger partial charge in [0.15, 0.2) is 0 Å². The Kier molecular flexibility index (Phi) is 9.24. The second-order valence-corrected chi connectivity index (χ2v) is 9.40. The molecule has 0 aromatic heterocycles. The molecule has 2 aromatic rings. The molecule has 30 heavy (non-hydrogen) atoms. The molecule has 0 fully saturated rings. The van der Waals surface area contributed by atoms with Crippen LogP contribution in [0.3, 0.4) is 0 Å². The summed E-state index contributed by atoms with van der Waals surface area (Å²) in [4.78, 5) is 35.3. The first kappa shape index (κ1) is 23.8. The summed E-state index contributed by atoms with van der Waals surface area (Å²) < 4.78 is 12.5. The van der Waals surface area contributed by atoms with Gasteiger partial charge in [0.05, 0.1) is 6.04 Å². The van der Waals surface area contributed by atoms with Crippen LogP contribution < -0.4 is 5.09 Å². The number of unbranched alkanes of at least 4 members (excludes halogenated alkanes) is 1. The number of hydrogen-bond acceptors (Lipinski definition) is 3. The van der Waals surface area contributed by atoms with Gasteiger partial charge < -0.3 is 14.9 Å². The van der Waals surface area contributed by atoms with Gasteiger partial charge in [0.25, 0.3) is 7.52 Å². The second kappa shape index (κ2) is 11.6. The van der Waals surface area contributed by atoms with Gasteiger partial charge in [-0.25, -0.2) is 5.09 Å². The Balaban J connectivity index is 1.88.